The summed E-state index contributed by atoms with van der Waals surface area (Å²) in [5.41, 5.74) is 0.444. The molecule has 1 atom stereocenters. The van der Waals surface area contributed by atoms with Gasteiger partial charge in [-0.3, -0.25) is 4.79 Å². The number of carboxylic acids is 1. The molecule has 2 N–H and O–H groups in total. The maximum absolute atomic E-state index is 12.7. The molecule has 104 valence electrons. The second-order valence-electron chi connectivity index (χ2n) is 4.25. The summed E-state index contributed by atoms with van der Waals surface area (Å²) in [7, 11) is 0. The quantitative estimate of drug-likeness (QED) is 0.881. The Bertz CT molecular complexity index is 595. The van der Waals surface area contributed by atoms with Crippen LogP contribution in [0.3, 0.4) is 0 Å². The first-order valence-electron chi connectivity index (χ1n) is 5.96. The van der Waals surface area contributed by atoms with Crippen molar-refractivity contribution in [3.63, 3.8) is 0 Å². The molecule has 2 aromatic rings. The van der Waals surface area contributed by atoms with E-state index in [0.717, 1.165) is 0 Å². The lowest BCUT2D eigenvalue weighted by Gasteiger charge is -2.14. The van der Waals surface area contributed by atoms with Gasteiger partial charge in [0.05, 0.1) is 0 Å². The van der Waals surface area contributed by atoms with E-state index in [1.165, 1.54) is 36.4 Å². The lowest BCUT2D eigenvalue weighted by atomic mass is 10.00. The topological polar surface area (TPSA) is 66.8 Å². The molecular formula is C15H13FO4. The average Bonchev–Trinajstić information content (AvgIpc) is 2.41. The van der Waals surface area contributed by atoms with Crippen molar-refractivity contribution in [2.45, 2.75) is 5.92 Å². The highest BCUT2D eigenvalue weighted by Gasteiger charge is 2.21. The third-order valence-corrected chi connectivity index (χ3v) is 2.80. The first kappa shape index (κ1) is 13.9. The fourth-order valence-corrected chi connectivity index (χ4v) is 1.76. The molecule has 0 bridgehead atoms. The van der Waals surface area contributed by atoms with E-state index in [2.05, 4.69) is 0 Å². The summed E-state index contributed by atoms with van der Waals surface area (Å²) >= 11 is 0. The SMILES string of the molecule is O=C(O)C(COc1ccc(F)cc1)c1cccc(O)c1. The van der Waals surface area contributed by atoms with E-state index in [1.54, 1.807) is 12.1 Å². The Morgan fingerprint density at radius 1 is 1.20 bits per heavy atom. The highest BCUT2D eigenvalue weighted by molar-refractivity contribution is 5.76. The number of carboxylic acid groups (broad SMARTS) is 1. The number of halogens is 1. The first-order chi connectivity index (χ1) is 9.56. The van der Waals surface area contributed by atoms with Gasteiger partial charge in [-0.2, -0.15) is 0 Å². The molecule has 0 saturated heterocycles. The lowest BCUT2D eigenvalue weighted by molar-refractivity contribution is -0.139. The number of ether oxygens (including phenoxy) is 1. The summed E-state index contributed by atoms with van der Waals surface area (Å²) in [5.74, 6) is -1.97. The standard InChI is InChI=1S/C15H13FO4/c16-11-4-6-13(7-5-11)20-9-14(15(18)19)10-2-1-3-12(17)8-10/h1-8,14,17H,9H2,(H,18,19). The van der Waals surface area contributed by atoms with Crippen LogP contribution in [0.1, 0.15) is 11.5 Å². The van der Waals surface area contributed by atoms with Gasteiger partial charge in [0, 0.05) is 0 Å². The molecule has 20 heavy (non-hydrogen) atoms. The zero-order chi connectivity index (χ0) is 14.5. The van der Waals surface area contributed by atoms with Gasteiger partial charge in [0.1, 0.15) is 29.8 Å². The molecule has 0 aromatic heterocycles. The monoisotopic (exact) mass is 276 g/mol. The minimum atomic E-state index is -1.06. The van der Waals surface area contributed by atoms with E-state index in [4.69, 9.17) is 4.74 Å². The van der Waals surface area contributed by atoms with Crippen LogP contribution in [-0.4, -0.2) is 22.8 Å². The molecule has 0 spiro atoms. The number of phenolic OH excluding ortho intramolecular Hbond substituents is 1. The summed E-state index contributed by atoms with van der Waals surface area (Å²) in [6.07, 6.45) is 0. The van der Waals surface area contributed by atoms with Crippen LogP contribution in [-0.2, 0) is 4.79 Å². The van der Waals surface area contributed by atoms with Crippen molar-refractivity contribution in [1.82, 2.24) is 0 Å². The zero-order valence-electron chi connectivity index (χ0n) is 10.5. The van der Waals surface area contributed by atoms with Crippen molar-refractivity contribution in [1.29, 1.82) is 0 Å². The van der Waals surface area contributed by atoms with E-state index >= 15 is 0 Å². The molecule has 0 fully saturated rings. The van der Waals surface area contributed by atoms with Crippen molar-refractivity contribution >= 4 is 5.97 Å². The van der Waals surface area contributed by atoms with Gasteiger partial charge in [-0.1, -0.05) is 12.1 Å². The van der Waals surface area contributed by atoms with Crippen molar-refractivity contribution < 1.29 is 24.1 Å². The highest BCUT2D eigenvalue weighted by Crippen LogP contribution is 2.22. The van der Waals surface area contributed by atoms with Crippen LogP contribution >= 0.6 is 0 Å². The van der Waals surface area contributed by atoms with Crippen LogP contribution in [0.25, 0.3) is 0 Å². The fourth-order valence-electron chi connectivity index (χ4n) is 1.76. The Labute approximate surface area is 115 Å². The highest BCUT2D eigenvalue weighted by atomic mass is 19.1. The van der Waals surface area contributed by atoms with E-state index in [0.29, 0.717) is 11.3 Å². The number of phenols is 1. The number of hydrogen-bond donors (Lipinski definition) is 2. The van der Waals surface area contributed by atoms with Gasteiger partial charge in [-0.25, -0.2) is 4.39 Å². The van der Waals surface area contributed by atoms with Gasteiger partial charge in [-0.05, 0) is 42.0 Å². The predicted octanol–water partition coefficient (Wildman–Crippen LogP) is 2.78. The molecule has 0 radical (unpaired) electrons. The Morgan fingerprint density at radius 3 is 2.50 bits per heavy atom. The van der Waals surface area contributed by atoms with Crippen LogP contribution in [0.4, 0.5) is 4.39 Å². The molecule has 2 rings (SSSR count). The molecule has 5 heteroatoms. The van der Waals surface area contributed by atoms with Gasteiger partial charge in [0.2, 0.25) is 0 Å². The van der Waals surface area contributed by atoms with Crippen LogP contribution in [0, 0.1) is 5.82 Å². The van der Waals surface area contributed by atoms with Gasteiger partial charge < -0.3 is 14.9 Å². The molecule has 0 aliphatic rings. The van der Waals surface area contributed by atoms with Crippen LogP contribution in [0.2, 0.25) is 0 Å². The summed E-state index contributed by atoms with van der Waals surface area (Å²) in [5, 5.41) is 18.6. The van der Waals surface area contributed by atoms with Crippen molar-refractivity contribution in [3.05, 3.63) is 59.9 Å². The van der Waals surface area contributed by atoms with Gasteiger partial charge in [-0.15, -0.1) is 0 Å². The number of aliphatic carboxylic acids is 1. The summed E-state index contributed by atoms with van der Waals surface area (Å²) in [6, 6.07) is 11.3. The fraction of sp³-hybridized carbons (Fsp3) is 0.133. The van der Waals surface area contributed by atoms with Gasteiger partial charge in [0.15, 0.2) is 0 Å². The van der Waals surface area contributed by atoms with Crippen LogP contribution in [0.5, 0.6) is 11.5 Å². The Hall–Kier alpha value is -2.56. The molecule has 4 nitrogen and oxygen atoms in total. The zero-order valence-corrected chi connectivity index (χ0v) is 10.5. The van der Waals surface area contributed by atoms with E-state index in [9.17, 15) is 19.4 Å². The number of benzene rings is 2. The molecule has 0 aliphatic heterocycles. The Morgan fingerprint density at radius 2 is 1.90 bits per heavy atom. The molecule has 1 unspecified atom stereocenters. The molecule has 0 amide bonds. The number of rotatable bonds is 5. The Balaban J connectivity index is 2.10. The van der Waals surface area contributed by atoms with E-state index in [-0.39, 0.29) is 18.2 Å². The maximum Gasteiger partial charge on any atom is 0.314 e. The second kappa shape index (κ2) is 6.06. The Kier molecular flexibility index (Phi) is 4.20. The summed E-state index contributed by atoms with van der Waals surface area (Å²) < 4.78 is 18.1. The molecular weight excluding hydrogens is 263 g/mol. The smallest absolute Gasteiger partial charge is 0.314 e. The lowest BCUT2D eigenvalue weighted by Crippen LogP contribution is -2.19. The largest absolute Gasteiger partial charge is 0.508 e. The van der Waals surface area contributed by atoms with Crippen molar-refractivity contribution in [3.8, 4) is 11.5 Å². The number of hydrogen-bond acceptors (Lipinski definition) is 3. The third kappa shape index (κ3) is 3.47. The summed E-state index contributed by atoms with van der Waals surface area (Å²) in [4.78, 5) is 11.3. The second-order valence-corrected chi connectivity index (χ2v) is 4.25. The van der Waals surface area contributed by atoms with Gasteiger partial charge in [0.25, 0.3) is 0 Å². The minimum Gasteiger partial charge on any atom is -0.508 e. The molecule has 0 heterocycles. The third-order valence-electron chi connectivity index (χ3n) is 2.80. The average molecular weight is 276 g/mol. The number of aromatic hydroxyl groups is 1. The van der Waals surface area contributed by atoms with E-state index in [1.807, 2.05) is 0 Å². The number of carbonyl (C=O) groups is 1. The maximum atomic E-state index is 12.7. The molecule has 2 aromatic carbocycles. The predicted molar refractivity (Wildman–Crippen MR) is 70.4 cm³/mol. The van der Waals surface area contributed by atoms with Gasteiger partial charge >= 0.3 is 5.97 Å². The van der Waals surface area contributed by atoms with Crippen molar-refractivity contribution in [2.24, 2.45) is 0 Å². The molecule has 0 aliphatic carbocycles. The normalized spacial score (nSPS) is 11.8. The molecule has 0 saturated carbocycles. The summed E-state index contributed by atoms with van der Waals surface area (Å²) in [6.45, 7) is -0.107. The van der Waals surface area contributed by atoms with Crippen LogP contribution in [0.15, 0.2) is 48.5 Å². The van der Waals surface area contributed by atoms with Crippen molar-refractivity contribution in [2.75, 3.05) is 6.61 Å². The first-order valence-corrected chi connectivity index (χ1v) is 5.96. The van der Waals surface area contributed by atoms with Crippen LogP contribution < -0.4 is 4.74 Å². The minimum absolute atomic E-state index is 0.00414. The van der Waals surface area contributed by atoms with E-state index < -0.39 is 11.9 Å².